The number of urea groups is 1. The Hall–Kier alpha value is -0.880. The van der Waals surface area contributed by atoms with Gasteiger partial charge in [-0.3, -0.25) is 0 Å². The molecule has 0 aromatic heterocycles. The maximum absolute atomic E-state index is 13.2. The number of alkyl halides is 1. The van der Waals surface area contributed by atoms with Gasteiger partial charge in [0.05, 0.1) is 13.2 Å². The van der Waals surface area contributed by atoms with Crippen molar-refractivity contribution in [1.29, 1.82) is 0 Å². The molecule has 2 aliphatic rings. The highest BCUT2D eigenvalue weighted by Gasteiger charge is 2.25. The maximum atomic E-state index is 13.2. The van der Waals surface area contributed by atoms with Gasteiger partial charge in [-0.05, 0) is 45.1 Å². The second kappa shape index (κ2) is 8.54. The number of halogens is 1. The average molecular weight is 301 g/mol. The second-order valence-corrected chi connectivity index (χ2v) is 6.16. The minimum atomic E-state index is -0.619. The summed E-state index contributed by atoms with van der Waals surface area (Å²) in [5.41, 5.74) is 0. The molecule has 1 aliphatic carbocycles. The lowest BCUT2D eigenvalue weighted by molar-refractivity contribution is 0.0521. The van der Waals surface area contributed by atoms with Crippen molar-refractivity contribution in [1.82, 2.24) is 15.5 Å². The van der Waals surface area contributed by atoms with E-state index in [-0.39, 0.29) is 12.1 Å². The van der Waals surface area contributed by atoms with Crippen LogP contribution in [-0.2, 0) is 4.74 Å². The minimum Gasteiger partial charge on any atom is -0.378 e. The van der Waals surface area contributed by atoms with Gasteiger partial charge in [0.2, 0.25) is 0 Å². The van der Waals surface area contributed by atoms with E-state index in [0.29, 0.717) is 45.1 Å². The Morgan fingerprint density at radius 1 is 1.29 bits per heavy atom. The third kappa shape index (κ3) is 5.43. The van der Waals surface area contributed by atoms with Crippen LogP contribution in [0.3, 0.4) is 0 Å². The topological polar surface area (TPSA) is 53.6 Å². The van der Waals surface area contributed by atoms with Crippen molar-refractivity contribution in [2.45, 2.75) is 44.3 Å². The SMILES string of the molecule is CNC[C@H](C[C@H]1CC[C@H](F)CC1)NC(=O)N1CCOCC1. The first-order valence-corrected chi connectivity index (χ1v) is 8.11. The molecule has 122 valence electrons. The highest BCUT2D eigenvalue weighted by Crippen LogP contribution is 2.29. The molecule has 1 atom stereocenters. The number of nitrogens with zero attached hydrogens (tertiary/aromatic N) is 1. The molecule has 1 saturated heterocycles. The molecule has 6 heteroatoms. The van der Waals surface area contributed by atoms with Crippen LogP contribution in [0.1, 0.15) is 32.1 Å². The molecular weight excluding hydrogens is 273 g/mol. The fraction of sp³-hybridized carbons (Fsp3) is 0.933. The number of carbonyl (C=O) groups is 1. The van der Waals surface area contributed by atoms with Gasteiger partial charge < -0.3 is 20.3 Å². The van der Waals surface area contributed by atoms with Crippen LogP contribution in [-0.4, -0.2) is 63.0 Å². The van der Waals surface area contributed by atoms with E-state index in [0.717, 1.165) is 25.8 Å². The standard InChI is InChI=1S/C15H28FN3O2/c1-17-11-14(10-12-2-4-13(16)5-3-12)18-15(20)19-6-8-21-9-7-19/h12-14,17H,2-11H2,1H3,(H,18,20)/t12-,13-,14-/m0/s1. The lowest BCUT2D eigenvalue weighted by Gasteiger charge is -2.32. The molecule has 1 aliphatic heterocycles. The van der Waals surface area contributed by atoms with Crippen LogP contribution in [0.25, 0.3) is 0 Å². The van der Waals surface area contributed by atoms with Crippen LogP contribution >= 0.6 is 0 Å². The molecular formula is C15H28FN3O2. The fourth-order valence-electron chi connectivity index (χ4n) is 3.23. The molecule has 2 amide bonds. The van der Waals surface area contributed by atoms with E-state index in [1.807, 2.05) is 11.9 Å². The van der Waals surface area contributed by atoms with Crippen LogP contribution < -0.4 is 10.6 Å². The lowest BCUT2D eigenvalue weighted by atomic mass is 9.84. The maximum Gasteiger partial charge on any atom is 0.317 e. The van der Waals surface area contributed by atoms with Crippen molar-refractivity contribution in [3.05, 3.63) is 0 Å². The van der Waals surface area contributed by atoms with Gasteiger partial charge in [-0.25, -0.2) is 9.18 Å². The van der Waals surface area contributed by atoms with Crippen LogP contribution in [0.5, 0.6) is 0 Å². The number of nitrogens with one attached hydrogen (secondary N) is 2. The van der Waals surface area contributed by atoms with Crippen molar-refractivity contribution in [2.75, 3.05) is 39.9 Å². The summed E-state index contributed by atoms with van der Waals surface area (Å²) in [5, 5.41) is 6.26. The zero-order chi connectivity index (χ0) is 15.1. The van der Waals surface area contributed by atoms with Gasteiger partial charge in [-0.1, -0.05) is 0 Å². The Balaban J connectivity index is 1.78. The average Bonchev–Trinajstić information content (AvgIpc) is 2.50. The predicted octanol–water partition coefficient (Wildman–Crippen LogP) is 1.53. The van der Waals surface area contributed by atoms with Gasteiger partial charge in [-0.15, -0.1) is 0 Å². The number of amides is 2. The molecule has 0 unspecified atom stereocenters. The van der Waals surface area contributed by atoms with Gasteiger partial charge in [0.15, 0.2) is 0 Å². The first kappa shape index (κ1) is 16.5. The number of ether oxygens (including phenoxy) is 1. The molecule has 1 saturated carbocycles. The third-order valence-corrected chi connectivity index (χ3v) is 4.47. The number of likely N-dealkylation sites (N-methyl/N-ethyl adjacent to an activating group) is 1. The van der Waals surface area contributed by atoms with Crippen LogP contribution in [0, 0.1) is 5.92 Å². The van der Waals surface area contributed by atoms with Crippen molar-refractivity contribution < 1.29 is 13.9 Å². The summed E-state index contributed by atoms with van der Waals surface area (Å²) in [6.07, 6.45) is 3.54. The zero-order valence-corrected chi connectivity index (χ0v) is 12.9. The Morgan fingerprint density at radius 3 is 2.57 bits per heavy atom. The Kier molecular flexibility index (Phi) is 6.70. The zero-order valence-electron chi connectivity index (χ0n) is 12.9. The number of hydrogen-bond donors (Lipinski definition) is 2. The molecule has 0 radical (unpaired) electrons. The smallest absolute Gasteiger partial charge is 0.317 e. The molecule has 2 rings (SSSR count). The summed E-state index contributed by atoms with van der Waals surface area (Å²) >= 11 is 0. The van der Waals surface area contributed by atoms with E-state index in [9.17, 15) is 9.18 Å². The summed E-state index contributed by atoms with van der Waals surface area (Å²) in [6, 6.07) is 0.115. The summed E-state index contributed by atoms with van der Waals surface area (Å²) in [7, 11) is 1.90. The Labute approximate surface area is 126 Å². The molecule has 1 heterocycles. The number of hydrogen-bond acceptors (Lipinski definition) is 3. The van der Waals surface area contributed by atoms with Crippen LogP contribution in [0.2, 0.25) is 0 Å². The highest BCUT2D eigenvalue weighted by atomic mass is 19.1. The first-order valence-electron chi connectivity index (χ1n) is 8.11. The van der Waals surface area contributed by atoms with Gasteiger partial charge >= 0.3 is 6.03 Å². The quantitative estimate of drug-likeness (QED) is 0.810. The molecule has 0 bridgehead atoms. The molecule has 0 spiro atoms. The van der Waals surface area contributed by atoms with E-state index in [4.69, 9.17) is 4.74 Å². The monoisotopic (exact) mass is 301 g/mol. The van der Waals surface area contributed by atoms with Crippen LogP contribution in [0.15, 0.2) is 0 Å². The predicted molar refractivity (Wildman–Crippen MR) is 80.1 cm³/mol. The van der Waals surface area contributed by atoms with Gasteiger partial charge in [0, 0.05) is 25.7 Å². The second-order valence-electron chi connectivity index (χ2n) is 6.16. The first-order chi connectivity index (χ1) is 10.2. The molecule has 5 nitrogen and oxygen atoms in total. The van der Waals surface area contributed by atoms with Crippen molar-refractivity contribution in [3.8, 4) is 0 Å². The van der Waals surface area contributed by atoms with E-state index < -0.39 is 6.17 Å². The van der Waals surface area contributed by atoms with E-state index in [2.05, 4.69) is 10.6 Å². The van der Waals surface area contributed by atoms with Crippen molar-refractivity contribution in [3.63, 3.8) is 0 Å². The largest absolute Gasteiger partial charge is 0.378 e. The van der Waals surface area contributed by atoms with Gasteiger partial charge in [0.1, 0.15) is 6.17 Å². The number of morpholine rings is 1. The minimum absolute atomic E-state index is 0.00210. The Morgan fingerprint density at radius 2 is 1.95 bits per heavy atom. The fourth-order valence-corrected chi connectivity index (χ4v) is 3.23. The number of rotatable bonds is 5. The Bertz CT molecular complexity index is 316. The molecule has 0 aromatic rings. The third-order valence-electron chi connectivity index (χ3n) is 4.47. The molecule has 2 N–H and O–H groups in total. The van der Waals surface area contributed by atoms with Crippen molar-refractivity contribution in [2.24, 2.45) is 5.92 Å². The van der Waals surface area contributed by atoms with E-state index >= 15 is 0 Å². The molecule has 2 fully saturated rings. The van der Waals surface area contributed by atoms with E-state index in [1.165, 1.54) is 0 Å². The van der Waals surface area contributed by atoms with Gasteiger partial charge in [-0.2, -0.15) is 0 Å². The van der Waals surface area contributed by atoms with E-state index in [1.54, 1.807) is 0 Å². The number of carbonyl (C=O) groups excluding carboxylic acids is 1. The molecule has 0 aromatic carbocycles. The summed E-state index contributed by atoms with van der Waals surface area (Å²) in [4.78, 5) is 14.1. The van der Waals surface area contributed by atoms with Crippen molar-refractivity contribution >= 4 is 6.03 Å². The summed E-state index contributed by atoms with van der Waals surface area (Å²) in [5.74, 6) is 0.528. The van der Waals surface area contributed by atoms with Gasteiger partial charge in [0.25, 0.3) is 0 Å². The summed E-state index contributed by atoms with van der Waals surface area (Å²) in [6.45, 7) is 3.30. The molecule has 21 heavy (non-hydrogen) atoms. The normalized spacial score (nSPS) is 28.2. The summed E-state index contributed by atoms with van der Waals surface area (Å²) < 4.78 is 18.5. The highest BCUT2D eigenvalue weighted by molar-refractivity contribution is 5.74. The van der Waals surface area contributed by atoms with Crippen LogP contribution in [0.4, 0.5) is 9.18 Å². The lowest BCUT2D eigenvalue weighted by Crippen LogP contribution is -2.51.